The molecule has 4 aliphatic heterocycles. The smallest absolute Gasteiger partial charge is 0.246 e. The fourth-order valence-corrected chi connectivity index (χ4v) is 9.52. The summed E-state index contributed by atoms with van der Waals surface area (Å²) in [7, 11) is 2.15. The highest BCUT2D eigenvalue weighted by Gasteiger charge is 2.55. The Hall–Kier alpha value is -2.26. The van der Waals surface area contributed by atoms with Crippen molar-refractivity contribution in [2.24, 2.45) is 5.92 Å². The van der Waals surface area contributed by atoms with Crippen LogP contribution in [0.3, 0.4) is 0 Å². The van der Waals surface area contributed by atoms with Gasteiger partial charge in [0, 0.05) is 36.5 Å². The number of aryl methyl sites for hydroxylation is 1. The van der Waals surface area contributed by atoms with Crippen LogP contribution in [0.15, 0.2) is 35.7 Å². The molecule has 10 heteroatoms. The molecule has 4 heterocycles. The molecule has 6 rings (SSSR count). The predicted molar refractivity (Wildman–Crippen MR) is 163 cm³/mol. The molecule has 2 N–H and O–H groups in total. The van der Waals surface area contributed by atoms with Crippen LogP contribution in [0.2, 0.25) is 0 Å². The molecule has 226 valence electrons. The largest absolute Gasteiger partial charge is 0.348 e. The SMILES string of the molecule is C=CC(=O)N1CCN(C2NC(OCC3CCCN3C)NC3C(=O)[C@@]4(CCc5c(C)cccc5S4)CCC32)CC1CC#N. The number of ether oxygens (including phenoxy) is 1. The van der Waals surface area contributed by atoms with Gasteiger partial charge >= 0.3 is 0 Å². The Labute approximate surface area is 254 Å². The standard InChI is InChI=1S/C32H44N6O3S/c1-4-27(39)38-18-17-37(19-22(38)12-15-33)30-25-11-14-32(13-10-24-21(2)7-5-9-26(24)42-32)29(40)28(25)34-31(35-30)41-20-23-8-6-16-36(23)3/h4-5,7,9,22-23,25,28,30-31,34-35H,1,6,8,10-14,16-20H2,2-3H3/t22?,23?,25?,28?,30?,31?,32-/m1/s1. The van der Waals surface area contributed by atoms with Crippen LogP contribution in [-0.2, 0) is 20.7 Å². The average Bonchev–Trinajstić information content (AvgIpc) is 3.42. The van der Waals surface area contributed by atoms with Crippen LogP contribution in [-0.4, -0.2) is 102 Å². The molecule has 1 aliphatic carbocycles. The van der Waals surface area contributed by atoms with Crippen molar-refractivity contribution in [2.45, 2.75) is 92.2 Å². The van der Waals surface area contributed by atoms with Crippen LogP contribution in [0.25, 0.3) is 0 Å². The summed E-state index contributed by atoms with van der Waals surface area (Å²) in [5, 5.41) is 16.9. The Balaban J connectivity index is 1.24. The molecule has 42 heavy (non-hydrogen) atoms. The van der Waals surface area contributed by atoms with Gasteiger partial charge in [-0.25, -0.2) is 0 Å². The summed E-state index contributed by atoms with van der Waals surface area (Å²) in [4.78, 5) is 34.8. The lowest BCUT2D eigenvalue weighted by atomic mass is 9.71. The van der Waals surface area contributed by atoms with E-state index in [4.69, 9.17) is 4.74 Å². The summed E-state index contributed by atoms with van der Waals surface area (Å²) < 4.78 is 6.05. The Morgan fingerprint density at radius 1 is 1.24 bits per heavy atom. The monoisotopic (exact) mass is 592 g/mol. The van der Waals surface area contributed by atoms with Gasteiger partial charge in [-0.2, -0.15) is 5.26 Å². The van der Waals surface area contributed by atoms with Crippen molar-refractivity contribution in [1.82, 2.24) is 25.3 Å². The van der Waals surface area contributed by atoms with Gasteiger partial charge in [0.25, 0.3) is 0 Å². The second-order valence-electron chi connectivity index (χ2n) is 12.7. The molecule has 3 saturated heterocycles. The highest BCUT2D eigenvalue weighted by Crippen LogP contribution is 2.52. The van der Waals surface area contributed by atoms with Crippen molar-refractivity contribution in [3.63, 3.8) is 0 Å². The number of rotatable bonds is 6. The van der Waals surface area contributed by atoms with E-state index in [1.807, 2.05) is 0 Å². The van der Waals surface area contributed by atoms with E-state index in [1.165, 1.54) is 28.5 Å². The van der Waals surface area contributed by atoms with Crippen molar-refractivity contribution in [3.8, 4) is 6.07 Å². The second kappa shape index (κ2) is 12.4. The Kier molecular flexibility index (Phi) is 8.79. The van der Waals surface area contributed by atoms with Crippen LogP contribution in [0.1, 0.15) is 49.7 Å². The number of nitrogens with one attached hydrogen (secondary N) is 2. The first kappa shape index (κ1) is 29.8. The van der Waals surface area contributed by atoms with Gasteiger partial charge in [0.05, 0.1) is 42.1 Å². The van der Waals surface area contributed by atoms with Gasteiger partial charge in [-0.15, -0.1) is 11.8 Å². The van der Waals surface area contributed by atoms with Gasteiger partial charge in [-0.05, 0) is 82.3 Å². The molecule has 1 spiro atoms. The number of nitriles is 1. The van der Waals surface area contributed by atoms with Gasteiger partial charge in [0.1, 0.15) is 0 Å². The maximum Gasteiger partial charge on any atom is 0.246 e. The fourth-order valence-electron chi connectivity index (χ4n) is 7.92. The van der Waals surface area contributed by atoms with E-state index in [2.05, 4.69) is 65.3 Å². The summed E-state index contributed by atoms with van der Waals surface area (Å²) in [5.74, 6) is 0.233. The minimum atomic E-state index is -0.449. The number of hydrogen-bond acceptors (Lipinski definition) is 9. The first-order valence-electron chi connectivity index (χ1n) is 15.5. The van der Waals surface area contributed by atoms with Crippen molar-refractivity contribution in [1.29, 1.82) is 5.26 Å². The number of amides is 1. The van der Waals surface area contributed by atoms with Crippen LogP contribution >= 0.6 is 11.8 Å². The second-order valence-corrected chi connectivity index (χ2v) is 14.1. The third kappa shape index (κ3) is 5.56. The maximum atomic E-state index is 14.6. The number of Topliss-reactive ketones (excluding diaryl/α,β-unsaturated/α-hetero) is 1. The molecular weight excluding hydrogens is 548 g/mol. The molecule has 1 saturated carbocycles. The molecule has 4 fully saturated rings. The minimum absolute atomic E-state index is 0.0704. The molecule has 1 aromatic carbocycles. The van der Waals surface area contributed by atoms with Crippen molar-refractivity contribution in [3.05, 3.63) is 42.0 Å². The molecule has 0 radical (unpaired) electrons. The highest BCUT2D eigenvalue weighted by molar-refractivity contribution is 8.01. The number of fused-ring (bicyclic) bond motifs is 2. The van der Waals surface area contributed by atoms with Crippen molar-refractivity contribution < 1.29 is 14.3 Å². The third-order valence-corrected chi connectivity index (χ3v) is 12.0. The van der Waals surface area contributed by atoms with Crippen LogP contribution in [0.5, 0.6) is 0 Å². The van der Waals surface area contributed by atoms with Gasteiger partial charge in [-0.1, -0.05) is 18.7 Å². The molecular formula is C32H44N6O3S. The Bertz CT molecular complexity index is 1250. The number of likely N-dealkylation sites (tertiary alicyclic amines) is 1. The zero-order valence-corrected chi connectivity index (χ0v) is 25.7. The van der Waals surface area contributed by atoms with E-state index in [0.717, 1.165) is 38.6 Å². The maximum absolute atomic E-state index is 14.6. The number of thioether (sulfide) groups is 1. The van der Waals surface area contributed by atoms with E-state index >= 15 is 0 Å². The molecule has 6 unspecified atom stereocenters. The van der Waals surface area contributed by atoms with Gasteiger partial charge in [0.15, 0.2) is 12.1 Å². The van der Waals surface area contributed by atoms with Gasteiger partial charge < -0.3 is 14.5 Å². The van der Waals surface area contributed by atoms with Gasteiger partial charge in [0.2, 0.25) is 5.91 Å². The fraction of sp³-hybridized carbons (Fsp3) is 0.656. The Morgan fingerprint density at radius 3 is 2.86 bits per heavy atom. The predicted octanol–water partition coefficient (Wildman–Crippen LogP) is 2.65. The van der Waals surface area contributed by atoms with Crippen LogP contribution in [0.4, 0.5) is 0 Å². The summed E-state index contributed by atoms with van der Waals surface area (Å²) in [6.07, 6.45) is 6.92. The zero-order chi connectivity index (χ0) is 29.4. The Morgan fingerprint density at radius 2 is 2.10 bits per heavy atom. The lowest BCUT2D eigenvalue weighted by molar-refractivity contribution is -0.145. The number of hydrogen-bond donors (Lipinski definition) is 2. The zero-order valence-electron chi connectivity index (χ0n) is 24.9. The first-order chi connectivity index (χ1) is 20.3. The number of carbonyl (C=O) groups excluding carboxylic acids is 2. The lowest BCUT2D eigenvalue weighted by Crippen LogP contribution is -2.75. The van der Waals surface area contributed by atoms with Gasteiger partial charge in [-0.3, -0.25) is 25.1 Å². The number of carbonyl (C=O) groups is 2. The van der Waals surface area contributed by atoms with Crippen molar-refractivity contribution >= 4 is 23.5 Å². The molecule has 0 aromatic heterocycles. The van der Waals surface area contributed by atoms with E-state index in [9.17, 15) is 14.9 Å². The van der Waals surface area contributed by atoms with Crippen LogP contribution in [0, 0.1) is 24.2 Å². The molecule has 7 atom stereocenters. The summed E-state index contributed by atoms with van der Waals surface area (Å²) in [6.45, 7) is 9.29. The van der Waals surface area contributed by atoms with Crippen molar-refractivity contribution in [2.75, 3.05) is 39.8 Å². The number of likely N-dealkylation sites (N-methyl/N-ethyl adjacent to an activating group) is 1. The van der Waals surface area contributed by atoms with E-state index in [1.54, 1.807) is 16.7 Å². The summed E-state index contributed by atoms with van der Waals surface area (Å²) in [6, 6.07) is 8.56. The number of benzene rings is 1. The third-order valence-electron chi connectivity index (χ3n) is 10.4. The summed E-state index contributed by atoms with van der Waals surface area (Å²) >= 11 is 1.78. The molecule has 1 aromatic rings. The summed E-state index contributed by atoms with van der Waals surface area (Å²) in [5.41, 5.74) is 2.69. The topological polar surface area (TPSA) is 101 Å². The number of ketones is 1. The average molecular weight is 593 g/mol. The molecule has 0 bridgehead atoms. The van der Waals surface area contributed by atoms with E-state index in [-0.39, 0.29) is 36.5 Å². The molecule has 1 amide bonds. The lowest BCUT2D eigenvalue weighted by Gasteiger charge is -2.55. The minimum Gasteiger partial charge on any atom is -0.348 e. The number of piperazine rings is 1. The number of nitrogens with zero attached hydrogens (tertiary/aromatic N) is 4. The normalized spacial score (nSPS) is 35.5. The highest BCUT2D eigenvalue weighted by atomic mass is 32.2. The molecule has 9 nitrogen and oxygen atoms in total. The van der Waals surface area contributed by atoms with E-state index in [0.29, 0.717) is 38.1 Å². The van der Waals surface area contributed by atoms with Crippen LogP contribution < -0.4 is 10.6 Å². The molecule has 5 aliphatic rings. The van der Waals surface area contributed by atoms with E-state index < -0.39 is 11.1 Å². The first-order valence-corrected chi connectivity index (χ1v) is 16.3. The quantitative estimate of drug-likeness (QED) is 0.483.